The Hall–Kier alpha value is -1.65. The van der Waals surface area contributed by atoms with Gasteiger partial charge in [-0.1, -0.05) is 0 Å². The molecule has 1 aromatic rings. The molecule has 2 saturated carbocycles. The van der Waals surface area contributed by atoms with Crippen molar-refractivity contribution in [1.82, 2.24) is 14.9 Å². The third-order valence-corrected chi connectivity index (χ3v) is 4.54. The number of hydrogen-bond donors (Lipinski definition) is 1. The number of rotatable bonds is 2. The summed E-state index contributed by atoms with van der Waals surface area (Å²) in [6, 6.07) is 0.464. The number of aromatic nitrogens is 2. The average Bonchev–Trinajstić information content (AvgIpc) is 3.07. The lowest BCUT2D eigenvalue weighted by atomic mass is 10.1. The van der Waals surface area contributed by atoms with E-state index in [0.29, 0.717) is 17.6 Å². The molecule has 2 bridgehead atoms. The number of carbonyl (C=O) groups is 1. The average molecular weight is 258 g/mol. The van der Waals surface area contributed by atoms with E-state index in [1.807, 2.05) is 4.90 Å². The maximum atomic E-state index is 12.2. The smallest absolute Gasteiger partial charge is 0.321 e. The van der Waals surface area contributed by atoms with Crippen LogP contribution in [0, 0.1) is 5.92 Å². The van der Waals surface area contributed by atoms with Gasteiger partial charge in [0, 0.05) is 18.5 Å². The van der Waals surface area contributed by atoms with Crippen LogP contribution in [0.25, 0.3) is 0 Å². The number of piperidine rings is 1. The highest BCUT2D eigenvalue weighted by molar-refractivity contribution is 5.89. The first-order valence-corrected chi connectivity index (χ1v) is 7.19. The topological polar surface area (TPSA) is 58.1 Å². The quantitative estimate of drug-likeness (QED) is 0.886. The van der Waals surface area contributed by atoms with Crippen molar-refractivity contribution in [1.29, 1.82) is 0 Å². The van der Waals surface area contributed by atoms with Crippen LogP contribution in [0.3, 0.4) is 0 Å². The van der Waals surface area contributed by atoms with Crippen LogP contribution < -0.4 is 5.32 Å². The van der Waals surface area contributed by atoms with Crippen LogP contribution in [-0.4, -0.2) is 33.5 Å². The first-order chi connectivity index (χ1) is 9.29. The highest BCUT2D eigenvalue weighted by Gasteiger charge is 2.40. The van der Waals surface area contributed by atoms with E-state index in [-0.39, 0.29) is 6.03 Å². The van der Waals surface area contributed by atoms with Gasteiger partial charge in [-0.3, -0.25) is 0 Å². The SMILES string of the molecule is O=C(Nc1cnc(C2CC2)nc1)N1CC2CCC1C2. The van der Waals surface area contributed by atoms with Crippen LogP contribution in [0.5, 0.6) is 0 Å². The number of urea groups is 1. The van der Waals surface area contributed by atoms with Gasteiger partial charge in [0.2, 0.25) is 0 Å². The Morgan fingerprint density at radius 1 is 1.21 bits per heavy atom. The number of hydrogen-bond acceptors (Lipinski definition) is 3. The zero-order chi connectivity index (χ0) is 12.8. The Bertz CT molecular complexity index is 497. The number of amides is 2. The zero-order valence-corrected chi connectivity index (χ0v) is 10.9. The molecule has 3 aliphatic rings. The summed E-state index contributed by atoms with van der Waals surface area (Å²) in [5.74, 6) is 2.20. The number of likely N-dealkylation sites (tertiary alicyclic amines) is 1. The number of nitrogens with zero attached hydrogens (tertiary/aromatic N) is 3. The molecule has 2 heterocycles. The molecule has 2 atom stereocenters. The van der Waals surface area contributed by atoms with E-state index in [4.69, 9.17) is 0 Å². The molecule has 2 aliphatic carbocycles. The minimum Gasteiger partial charge on any atom is -0.321 e. The fourth-order valence-corrected chi connectivity index (χ4v) is 3.32. The molecule has 5 heteroatoms. The standard InChI is InChI=1S/C14H18N4O/c19-14(18-8-9-1-4-12(18)5-9)17-11-6-15-13(16-7-11)10-2-3-10/h6-7,9-10,12H,1-5,8H2,(H,17,19). The fraction of sp³-hybridized carbons (Fsp3) is 0.643. The summed E-state index contributed by atoms with van der Waals surface area (Å²) >= 11 is 0. The highest BCUT2D eigenvalue weighted by atomic mass is 16.2. The monoisotopic (exact) mass is 258 g/mol. The van der Waals surface area contributed by atoms with E-state index in [0.717, 1.165) is 24.7 Å². The largest absolute Gasteiger partial charge is 0.322 e. The molecule has 1 N–H and O–H groups in total. The van der Waals surface area contributed by atoms with Gasteiger partial charge in [0.15, 0.2) is 0 Å². The van der Waals surface area contributed by atoms with E-state index in [9.17, 15) is 4.79 Å². The van der Waals surface area contributed by atoms with Crippen LogP contribution in [0.4, 0.5) is 10.5 Å². The molecule has 1 saturated heterocycles. The van der Waals surface area contributed by atoms with Gasteiger partial charge in [0.05, 0.1) is 18.1 Å². The summed E-state index contributed by atoms with van der Waals surface area (Å²) in [5.41, 5.74) is 0.706. The summed E-state index contributed by atoms with van der Waals surface area (Å²) in [4.78, 5) is 22.8. The van der Waals surface area contributed by atoms with Crippen molar-refractivity contribution in [2.45, 2.75) is 44.1 Å². The molecule has 0 radical (unpaired) electrons. The van der Waals surface area contributed by atoms with Crippen molar-refractivity contribution in [2.24, 2.45) is 5.92 Å². The lowest BCUT2D eigenvalue weighted by molar-refractivity contribution is 0.194. The van der Waals surface area contributed by atoms with E-state index >= 15 is 0 Å². The molecule has 0 spiro atoms. The number of anilines is 1. The second-order valence-corrected chi connectivity index (χ2v) is 6.02. The van der Waals surface area contributed by atoms with Gasteiger partial charge in [-0.05, 0) is 38.0 Å². The first-order valence-electron chi connectivity index (χ1n) is 7.19. The minimum absolute atomic E-state index is 0.00923. The molecule has 100 valence electrons. The second-order valence-electron chi connectivity index (χ2n) is 6.02. The van der Waals surface area contributed by atoms with Crippen LogP contribution in [0.15, 0.2) is 12.4 Å². The summed E-state index contributed by atoms with van der Waals surface area (Å²) in [7, 11) is 0. The number of nitrogens with one attached hydrogen (secondary N) is 1. The van der Waals surface area contributed by atoms with E-state index in [2.05, 4.69) is 15.3 Å². The molecule has 5 nitrogen and oxygen atoms in total. The molecule has 1 aromatic heterocycles. The Morgan fingerprint density at radius 3 is 2.58 bits per heavy atom. The van der Waals surface area contributed by atoms with Crippen LogP contribution in [-0.2, 0) is 0 Å². The van der Waals surface area contributed by atoms with Gasteiger partial charge >= 0.3 is 6.03 Å². The lowest BCUT2D eigenvalue weighted by Crippen LogP contribution is -2.40. The Balaban J connectivity index is 1.41. The highest BCUT2D eigenvalue weighted by Crippen LogP contribution is 2.38. The van der Waals surface area contributed by atoms with Crippen molar-refractivity contribution >= 4 is 11.7 Å². The van der Waals surface area contributed by atoms with E-state index < -0.39 is 0 Å². The van der Waals surface area contributed by atoms with Crippen molar-refractivity contribution in [3.05, 3.63) is 18.2 Å². The third-order valence-electron chi connectivity index (χ3n) is 4.54. The van der Waals surface area contributed by atoms with Gasteiger partial charge in [-0.2, -0.15) is 0 Å². The Morgan fingerprint density at radius 2 is 2.00 bits per heavy atom. The molecule has 0 aromatic carbocycles. The molecule has 19 heavy (non-hydrogen) atoms. The molecule has 1 aliphatic heterocycles. The number of carbonyl (C=O) groups excluding carboxylic acids is 1. The Labute approximate surface area is 112 Å². The predicted molar refractivity (Wildman–Crippen MR) is 70.9 cm³/mol. The molecule has 2 unspecified atom stereocenters. The summed E-state index contributed by atoms with van der Waals surface area (Å²) in [6.45, 7) is 0.914. The molecule has 2 amide bonds. The minimum atomic E-state index is 0.00923. The second kappa shape index (κ2) is 4.18. The lowest BCUT2D eigenvalue weighted by Gasteiger charge is -2.26. The van der Waals surface area contributed by atoms with Gasteiger partial charge in [0.25, 0.3) is 0 Å². The van der Waals surface area contributed by atoms with Gasteiger partial charge in [0.1, 0.15) is 5.82 Å². The predicted octanol–water partition coefficient (Wildman–Crippen LogP) is 2.37. The molecule has 4 rings (SSSR count). The zero-order valence-electron chi connectivity index (χ0n) is 10.9. The van der Waals surface area contributed by atoms with Crippen LogP contribution in [0.2, 0.25) is 0 Å². The van der Waals surface area contributed by atoms with Crippen molar-refractivity contribution in [3.63, 3.8) is 0 Å². The maximum absolute atomic E-state index is 12.2. The number of fused-ring (bicyclic) bond motifs is 2. The molecular weight excluding hydrogens is 240 g/mol. The summed E-state index contributed by atoms with van der Waals surface area (Å²) < 4.78 is 0. The third kappa shape index (κ3) is 2.07. The summed E-state index contributed by atoms with van der Waals surface area (Å²) in [6.07, 6.45) is 9.48. The van der Waals surface area contributed by atoms with Gasteiger partial charge in [-0.25, -0.2) is 14.8 Å². The normalized spacial score (nSPS) is 28.7. The van der Waals surface area contributed by atoms with Crippen LogP contribution in [0.1, 0.15) is 43.8 Å². The fourth-order valence-electron chi connectivity index (χ4n) is 3.32. The van der Waals surface area contributed by atoms with Gasteiger partial charge in [-0.15, -0.1) is 0 Å². The van der Waals surface area contributed by atoms with Crippen LogP contribution >= 0.6 is 0 Å². The molecular formula is C14H18N4O. The van der Waals surface area contributed by atoms with Gasteiger partial charge < -0.3 is 10.2 Å². The first kappa shape index (κ1) is 11.2. The van der Waals surface area contributed by atoms with E-state index in [1.54, 1.807) is 12.4 Å². The van der Waals surface area contributed by atoms with Crippen molar-refractivity contribution in [2.75, 3.05) is 11.9 Å². The Kier molecular flexibility index (Phi) is 2.47. The maximum Gasteiger partial charge on any atom is 0.322 e. The summed E-state index contributed by atoms with van der Waals surface area (Å²) in [5, 5.41) is 2.92. The van der Waals surface area contributed by atoms with Crippen molar-refractivity contribution in [3.8, 4) is 0 Å². The van der Waals surface area contributed by atoms with E-state index in [1.165, 1.54) is 25.7 Å². The van der Waals surface area contributed by atoms with Crippen molar-refractivity contribution < 1.29 is 4.79 Å². The molecule has 3 fully saturated rings.